The SMILES string of the molecule is OC1(c2nc(Cc3c(F)cccc3Cl)no2)CCCNC1. The maximum Gasteiger partial charge on any atom is 0.259 e. The zero-order valence-corrected chi connectivity index (χ0v) is 12.0. The molecular formula is C14H15ClFN3O2. The number of aliphatic hydroxyl groups is 1. The van der Waals surface area contributed by atoms with Gasteiger partial charge in [-0.2, -0.15) is 4.98 Å². The van der Waals surface area contributed by atoms with Gasteiger partial charge < -0.3 is 14.9 Å². The normalized spacial score (nSPS) is 22.4. The van der Waals surface area contributed by atoms with Crippen molar-refractivity contribution in [1.29, 1.82) is 0 Å². The van der Waals surface area contributed by atoms with Gasteiger partial charge in [-0.3, -0.25) is 0 Å². The van der Waals surface area contributed by atoms with Crippen LogP contribution in [0.3, 0.4) is 0 Å². The fourth-order valence-corrected chi connectivity index (χ4v) is 2.68. The summed E-state index contributed by atoms with van der Waals surface area (Å²) in [5.74, 6) is 0.0556. The molecule has 2 N–H and O–H groups in total. The van der Waals surface area contributed by atoms with E-state index in [0.717, 1.165) is 13.0 Å². The number of piperidine rings is 1. The Morgan fingerprint density at radius 2 is 2.33 bits per heavy atom. The summed E-state index contributed by atoms with van der Waals surface area (Å²) >= 11 is 5.98. The minimum absolute atomic E-state index is 0.124. The number of aromatic nitrogens is 2. The quantitative estimate of drug-likeness (QED) is 0.907. The van der Waals surface area contributed by atoms with Crippen LogP contribution < -0.4 is 5.32 Å². The molecule has 5 nitrogen and oxygen atoms in total. The van der Waals surface area contributed by atoms with Crippen LogP contribution in [-0.4, -0.2) is 28.3 Å². The lowest BCUT2D eigenvalue weighted by atomic mass is 9.94. The smallest absolute Gasteiger partial charge is 0.259 e. The summed E-state index contributed by atoms with van der Waals surface area (Å²) in [6, 6.07) is 4.49. The van der Waals surface area contributed by atoms with Gasteiger partial charge in [0.25, 0.3) is 5.89 Å². The summed E-state index contributed by atoms with van der Waals surface area (Å²) in [7, 11) is 0. The van der Waals surface area contributed by atoms with Crippen molar-refractivity contribution in [3.05, 3.63) is 46.3 Å². The van der Waals surface area contributed by atoms with Crippen LogP contribution in [0, 0.1) is 5.82 Å². The Morgan fingerprint density at radius 1 is 1.48 bits per heavy atom. The Balaban J connectivity index is 1.82. The largest absolute Gasteiger partial charge is 0.379 e. The summed E-state index contributed by atoms with van der Waals surface area (Å²) < 4.78 is 18.9. The molecule has 2 aromatic rings. The maximum atomic E-state index is 13.7. The monoisotopic (exact) mass is 311 g/mol. The van der Waals surface area contributed by atoms with Gasteiger partial charge in [0.2, 0.25) is 0 Å². The van der Waals surface area contributed by atoms with E-state index in [1.54, 1.807) is 12.1 Å². The van der Waals surface area contributed by atoms with Crippen molar-refractivity contribution in [2.45, 2.75) is 24.9 Å². The molecule has 1 atom stereocenters. The molecule has 21 heavy (non-hydrogen) atoms. The predicted molar refractivity (Wildman–Crippen MR) is 74.5 cm³/mol. The summed E-state index contributed by atoms with van der Waals surface area (Å²) in [6.45, 7) is 1.23. The third-order valence-corrected chi connectivity index (χ3v) is 3.98. The van der Waals surface area contributed by atoms with Crippen molar-refractivity contribution >= 4 is 11.6 Å². The molecule has 1 aromatic heterocycles. The molecule has 1 aromatic carbocycles. The molecule has 1 aliphatic rings. The van der Waals surface area contributed by atoms with Gasteiger partial charge in [-0.1, -0.05) is 22.8 Å². The molecule has 0 aliphatic carbocycles. The number of rotatable bonds is 3. The molecule has 0 spiro atoms. The minimum atomic E-state index is -1.15. The molecule has 0 bridgehead atoms. The second-order valence-electron chi connectivity index (χ2n) is 5.20. The number of nitrogens with zero attached hydrogens (tertiary/aromatic N) is 2. The summed E-state index contributed by atoms with van der Waals surface area (Å²) in [5, 5.41) is 17.7. The van der Waals surface area contributed by atoms with Gasteiger partial charge in [0, 0.05) is 23.6 Å². The first-order valence-corrected chi connectivity index (χ1v) is 7.15. The zero-order valence-electron chi connectivity index (χ0n) is 11.3. The highest BCUT2D eigenvalue weighted by atomic mass is 35.5. The molecule has 7 heteroatoms. The molecule has 3 rings (SSSR count). The Bertz CT molecular complexity index is 621. The fourth-order valence-electron chi connectivity index (χ4n) is 2.45. The van der Waals surface area contributed by atoms with Gasteiger partial charge in [0.1, 0.15) is 5.82 Å². The predicted octanol–water partition coefficient (Wildman–Crippen LogP) is 2.02. The van der Waals surface area contributed by atoms with Gasteiger partial charge in [0.15, 0.2) is 11.4 Å². The van der Waals surface area contributed by atoms with Crippen LogP contribution in [-0.2, 0) is 12.0 Å². The summed E-state index contributed by atoms with van der Waals surface area (Å²) in [6.07, 6.45) is 1.51. The summed E-state index contributed by atoms with van der Waals surface area (Å²) in [4.78, 5) is 4.19. The number of β-amino-alcohol motifs (C(OH)–C–C–N with tert-alkyl or cyclic N) is 1. The highest BCUT2D eigenvalue weighted by Gasteiger charge is 2.37. The molecule has 0 saturated carbocycles. The second kappa shape index (κ2) is 5.71. The number of halogens is 2. The standard InChI is InChI=1S/C14H15ClFN3O2/c15-10-3-1-4-11(16)9(10)7-12-18-13(21-19-12)14(20)5-2-6-17-8-14/h1,3-4,17,20H,2,5-8H2. The molecule has 112 valence electrons. The van der Waals surface area contributed by atoms with Gasteiger partial charge in [0.05, 0.1) is 0 Å². The van der Waals surface area contributed by atoms with Crippen LogP contribution in [0.4, 0.5) is 4.39 Å². The van der Waals surface area contributed by atoms with E-state index < -0.39 is 11.4 Å². The molecule has 0 radical (unpaired) electrons. The number of hydrogen-bond acceptors (Lipinski definition) is 5. The van der Waals surface area contributed by atoms with Gasteiger partial charge in [-0.15, -0.1) is 0 Å². The second-order valence-corrected chi connectivity index (χ2v) is 5.61. The molecule has 0 amide bonds. The molecule has 1 aliphatic heterocycles. The van der Waals surface area contributed by atoms with Crippen molar-refractivity contribution in [3.8, 4) is 0 Å². The van der Waals surface area contributed by atoms with Crippen LogP contribution >= 0.6 is 11.6 Å². The molecule has 2 heterocycles. The van der Waals surface area contributed by atoms with Crippen LogP contribution in [0.2, 0.25) is 5.02 Å². The Hall–Kier alpha value is -1.50. The van der Waals surface area contributed by atoms with E-state index >= 15 is 0 Å². The highest BCUT2D eigenvalue weighted by molar-refractivity contribution is 6.31. The van der Waals surface area contributed by atoms with Crippen molar-refractivity contribution in [3.63, 3.8) is 0 Å². The lowest BCUT2D eigenvalue weighted by molar-refractivity contribution is -0.0167. The number of benzene rings is 1. The van der Waals surface area contributed by atoms with Gasteiger partial charge >= 0.3 is 0 Å². The molecule has 1 unspecified atom stereocenters. The van der Waals surface area contributed by atoms with Crippen LogP contribution in [0.1, 0.15) is 30.1 Å². The van der Waals surface area contributed by atoms with Crippen molar-refractivity contribution in [1.82, 2.24) is 15.5 Å². The molecule has 1 saturated heterocycles. The Labute approximate surface area is 126 Å². The lowest BCUT2D eigenvalue weighted by Crippen LogP contribution is -2.43. The van der Waals surface area contributed by atoms with E-state index in [0.29, 0.717) is 29.4 Å². The number of nitrogens with one attached hydrogen (secondary N) is 1. The van der Waals surface area contributed by atoms with Crippen molar-refractivity contribution in [2.24, 2.45) is 0 Å². The molecule has 1 fully saturated rings. The lowest BCUT2D eigenvalue weighted by Gasteiger charge is -2.28. The minimum Gasteiger partial charge on any atom is -0.379 e. The van der Waals surface area contributed by atoms with E-state index in [-0.39, 0.29) is 12.3 Å². The topological polar surface area (TPSA) is 71.2 Å². The zero-order chi connectivity index (χ0) is 14.9. The third-order valence-electron chi connectivity index (χ3n) is 3.62. The number of hydrogen-bond donors (Lipinski definition) is 2. The first-order chi connectivity index (χ1) is 10.1. The summed E-state index contributed by atoms with van der Waals surface area (Å²) in [5.41, 5.74) is -0.831. The third kappa shape index (κ3) is 2.92. The Morgan fingerprint density at radius 3 is 3.05 bits per heavy atom. The van der Waals surface area contributed by atoms with E-state index in [9.17, 15) is 9.50 Å². The first kappa shape index (κ1) is 14.4. The first-order valence-electron chi connectivity index (χ1n) is 6.77. The fraction of sp³-hybridized carbons (Fsp3) is 0.429. The van der Waals surface area contributed by atoms with Gasteiger partial charge in [-0.25, -0.2) is 4.39 Å². The van der Waals surface area contributed by atoms with Crippen LogP contribution in [0.15, 0.2) is 22.7 Å². The maximum absolute atomic E-state index is 13.7. The van der Waals surface area contributed by atoms with Gasteiger partial charge in [-0.05, 0) is 31.5 Å². The van der Waals surface area contributed by atoms with Crippen molar-refractivity contribution in [2.75, 3.05) is 13.1 Å². The van der Waals surface area contributed by atoms with E-state index in [1.165, 1.54) is 6.07 Å². The van der Waals surface area contributed by atoms with Crippen LogP contribution in [0.25, 0.3) is 0 Å². The average Bonchev–Trinajstić information content (AvgIpc) is 2.93. The van der Waals surface area contributed by atoms with Crippen molar-refractivity contribution < 1.29 is 14.0 Å². The average molecular weight is 312 g/mol. The Kier molecular flexibility index (Phi) is 3.93. The van der Waals surface area contributed by atoms with Crippen LogP contribution in [0.5, 0.6) is 0 Å². The van der Waals surface area contributed by atoms with E-state index in [1.807, 2.05) is 0 Å². The highest BCUT2D eigenvalue weighted by Crippen LogP contribution is 2.28. The van der Waals surface area contributed by atoms with E-state index in [4.69, 9.17) is 16.1 Å². The molecular weight excluding hydrogens is 297 g/mol. The van der Waals surface area contributed by atoms with E-state index in [2.05, 4.69) is 15.5 Å².